The van der Waals surface area contributed by atoms with Crippen molar-refractivity contribution in [3.05, 3.63) is 0 Å². The summed E-state index contributed by atoms with van der Waals surface area (Å²) in [5.41, 5.74) is 5.15. The summed E-state index contributed by atoms with van der Waals surface area (Å²) in [6.45, 7) is 5.21. The van der Waals surface area contributed by atoms with Crippen LogP contribution in [0.3, 0.4) is 0 Å². The molecule has 0 aromatic carbocycles. The molecule has 0 aromatic rings. The minimum Gasteiger partial charge on any atom is -0.464 e. The quantitative estimate of drug-likeness (QED) is 0.0801. The van der Waals surface area contributed by atoms with Crippen LogP contribution >= 0.6 is 0 Å². The molecule has 0 aliphatic carbocycles. The van der Waals surface area contributed by atoms with Gasteiger partial charge in [0, 0.05) is 13.3 Å². The number of primary amides is 1. The lowest BCUT2D eigenvalue weighted by atomic mass is 9.96. The SMILES string of the molecule is CCCCOC(=O)[C@@H](CCC(N)=O)NC(=O)[C@H](C)NC(=O)[C@@H](C)O[C@H]1[C@H](O)[C@@H](CO)O[C@H](O)[C@@H]1NC(C)=O. The second-order valence-electron chi connectivity index (χ2n) is 9.02. The van der Waals surface area contributed by atoms with Gasteiger partial charge >= 0.3 is 5.97 Å². The number of ether oxygens (including phenoxy) is 3. The van der Waals surface area contributed by atoms with Crippen molar-refractivity contribution in [2.45, 2.75) is 102 Å². The molecule has 1 aliphatic rings. The van der Waals surface area contributed by atoms with Crippen molar-refractivity contribution in [1.82, 2.24) is 16.0 Å². The molecule has 0 aromatic heterocycles. The van der Waals surface area contributed by atoms with E-state index in [1.165, 1.54) is 20.8 Å². The summed E-state index contributed by atoms with van der Waals surface area (Å²) in [5.74, 6) is -3.51. The Labute approximate surface area is 220 Å². The zero-order chi connectivity index (χ0) is 29.0. The molecule has 1 aliphatic heterocycles. The molecule has 0 radical (unpaired) electrons. The number of nitrogens with one attached hydrogen (secondary N) is 3. The maximum Gasteiger partial charge on any atom is 0.328 e. The number of carbonyl (C=O) groups is 5. The third-order valence-electron chi connectivity index (χ3n) is 5.75. The van der Waals surface area contributed by atoms with Gasteiger partial charge in [-0.2, -0.15) is 0 Å². The Morgan fingerprint density at radius 1 is 1.08 bits per heavy atom. The maximum atomic E-state index is 12.7. The molecule has 0 spiro atoms. The number of aliphatic hydroxyl groups is 3. The van der Waals surface area contributed by atoms with E-state index < -0.39 is 85.0 Å². The first-order chi connectivity index (χ1) is 17.8. The van der Waals surface area contributed by atoms with E-state index in [4.69, 9.17) is 19.9 Å². The van der Waals surface area contributed by atoms with E-state index in [1.807, 2.05) is 6.92 Å². The number of esters is 1. The van der Waals surface area contributed by atoms with E-state index in [9.17, 15) is 39.3 Å². The fourth-order valence-electron chi connectivity index (χ4n) is 3.58. The zero-order valence-electron chi connectivity index (χ0n) is 22.0. The average molecular weight is 549 g/mol. The summed E-state index contributed by atoms with van der Waals surface area (Å²) < 4.78 is 15.8. The van der Waals surface area contributed by atoms with Gasteiger partial charge in [-0.1, -0.05) is 13.3 Å². The molecule has 38 heavy (non-hydrogen) atoms. The van der Waals surface area contributed by atoms with Crippen molar-refractivity contribution >= 4 is 29.6 Å². The highest BCUT2D eigenvalue weighted by Gasteiger charge is 2.47. The molecule has 8 atom stereocenters. The van der Waals surface area contributed by atoms with E-state index in [-0.39, 0.29) is 19.4 Å². The van der Waals surface area contributed by atoms with Crippen LogP contribution in [-0.4, -0.2) is 107 Å². The Hall–Kier alpha value is -2.85. The first kappa shape index (κ1) is 33.2. The smallest absolute Gasteiger partial charge is 0.328 e. The monoisotopic (exact) mass is 548 g/mol. The van der Waals surface area contributed by atoms with Crippen LogP contribution in [0.15, 0.2) is 0 Å². The van der Waals surface area contributed by atoms with Crippen molar-refractivity contribution in [2.75, 3.05) is 13.2 Å². The molecule has 15 nitrogen and oxygen atoms in total. The number of nitrogens with two attached hydrogens (primary N) is 1. The number of unbranched alkanes of at least 4 members (excludes halogenated alkanes) is 1. The zero-order valence-corrected chi connectivity index (χ0v) is 22.0. The van der Waals surface area contributed by atoms with Crippen molar-refractivity contribution in [3.63, 3.8) is 0 Å². The van der Waals surface area contributed by atoms with Crippen molar-refractivity contribution in [1.29, 1.82) is 0 Å². The number of rotatable bonds is 15. The molecular weight excluding hydrogens is 508 g/mol. The molecule has 1 saturated heterocycles. The molecule has 1 heterocycles. The number of carbonyl (C=O) groups excluding carboxylic acids is 5. The van der Waals surface area contributed by atoms with Gasteiger partial charge in [0.15, 0.2) is 6.29 Å². The second-order valence-corrected chi connectivity index (χ2v) is 9.02. The third-order valence-corrected chi connectivity index (χ3v) is 5.75. The topological polar surface area (TPSA) is 236 Å². The Balaban J connectivity index is 2.83. The van der Waals surface area contributed by atoms with Gasteiger partial charge < -0.3 is 51.2 Å². The van der Waals surface area contributed by atoms with E-state index in [0.29, 0.717) is 6.42 Å². The van der Waals surface area contributed by atoms with Gasteiger partial charge in [-0.15, -0.1) is 0 Å². The van der Waals surface area contributed by atoms with Gasteiger partial charge in [0.2, 0.25) is 23.6 Å². The van der Waals surface area contributed by atoms with Gasteiger partial charge in [-0.3, -0.25) is 19.2 Å². The molecule has 8 N–H and O–H groups in total. The minimum absolute atomic E-state index is 0.0905. The van der Waals surface area contributed by atoms with Crippen LogP contribution in [0.25, 0.3) is 0 Å². The van der Waals surface area contributed by atoms with E-state index in [1.54, 1.807) is 0 Å². The fraction of sp³-hybridized carbons (Fsp3) is 0.783. The maximum absolute atomic E-state index is 12.7. The lowest BCUT2D eigenvalue weighted by molar-refractivity contribution is -0.266. The fourth-order valence-corrected chi connectivity index (χ4v) is 3.58. The summed E-state index contributed by atoms with van der Waals surface area (Å²) in [4.78, 5) is 60.5. The normalized spacial score (nSPS) is 25.4. The van der Waals surface area contributed by atoms with E-state index >= 15 is 0 Å². The Morgan fingerprint density at radius 3 is 2.29 bits per heavy atom. The average Bonchev–Trinajstić information content (AvgIpc) is 2.85. The molecule has 0 bridgehead atoms. The molecule has 15 heteroatoms. The summed E-state index contributed by atoms with van der Waals surface area (Å²) in [5, 5.41) is 37.3. The van der Waals surface area contributed by atoms with Crippen LogP contribution < -0.4 is 21.7 Å². The van der Waals surface area contributed by atoms with E-state index in [0.717, 1.165) is 6.42 Å². The first-order valence-electron chi connectivity index (χ1n) is 12.4. The highest BCUT2D eigenvalue weighted by atomic mass is 16.6. The van der Waals surface area contributed by atoms with Gasteiger partial charge in [-0.25, -0.2) is 4.79 Å². The number of hydrogen-bond acceptors (Lipinski definition) is 11. The van der Waals surface area contributed by atoms with Crippen LogP contribution in [0.1, 0.15) is 53.4 Å². The second kappa shape index (κ2) is 16.2. The highest BCUT2D eigenvalue weighted by molar-refractivity contribution is 5.91. The minimum atomic E-state index is -1.64. The Bertz CT molecular complexity index is 827. The largest absolute Gasteiger partial charge is 0.464 e. The molecule has 218 valence electrons. The van der Waals surface area contributed by atoms with Gasteiger partial charge in [-0.05, 0) is 26.7 Å². The van der Waals surface area contributed by atoms with Crippen LogP contribution in [-0.2, 0) is 38.2 Å². The predicted octanol–water partition coefficient (Wildman–Crippen LogP) is -3.07. The summed E-state index contributed by atoms with van der Waals surface area (Å²) >= 11 is 0. The molecule has 0 unspecified atom stereocenters. The molecule has 4 amide bonds. The van der Waals surface area contributed by atoms with Gasteiger partial charge in [0.05, 0.1) is 13.2 Å². The molecule has 1 fully saturated rings. The van der Waals surface area contributed by atoms with Crippen LogP contribution in [0, 0.1) is 0 Å². The van der Waals surface area contributed by atoms with Crippen LogP contribution in [0.5, 0.6) is 0 Å². The van der Waals surface area contributed by atoms with Gasteiger partial charge in [0.1, 0.15) is 42.5 Å². The van der Waals surface area contributed by atoms with E-state index in [2.05, 4.69) is 16.0 Å². The summed E-state index contributed by atoms with van der Waals surface area (Å²) in [7, 11) is 0. The lowest BCUT2D eigenvalue weighted by Crippen LogP contribution is -2.65. The Morgan fingerprint density at radius 2 is 1.74 bits per heavy atom. The highest BCUT2D eigenvalue weighted by Crippen LogP contribution is 2.23. The van der Waals surface area contributed by atoms with Crippen molar-refractivity contribution in [2.24, 2.45) is 5.73 Å². The molecule has 0 saturated carbocycles. The number of hydrogen-bond donors (Lipinski definition) is 7. The standard InChI is InChI=1S/C23H40N4O11/c1-5-6-9-36-22(34)14(7-8-16(24)30)27-20(32)11(2)25-21(33)12(3)37-19-17(26-13(4)29)23(35)38-15(10-28)18(19)31/h11-12,14-15,17-19,23,28,31,35H,5-10H2,1-4H3,(H2,24,30)(H,25,33)(H,26,29)(H,27,32)/t11-,12+,14+,15+,17+,18+,19+,23-/m0/s1. The predicted molar refractivity (Wildman–Crippen MR) is 130 cm³/mol. The number of amides is 4. The van der Waals surface area contributed by atoms with Crippen LogP contribution in [0.2, 0.25) is 0 Å². The third kappa shape index (κ3) is 10.5. The van der Waals surface area contributed by atoms with Crippen molar-refractivity contribution in [3.8, 4) is 0 Å². The molecular formula is C23H40N4O11. The number of aliphatic hydroxyl groups excluding tert-OH is 3. The summed E-state index contributed by atoms with van der Waals surface area (Å²) in [6, 6.07) is -3.58. The van der Waals surface area contributed by atoms with Crippen LogP contribution in [0.4, 0.5) is 0 Å². The first-order valence-corrected chi connectivity index (χ1v) is 12.4. The summed E-state index contributed by atoms with van der Waals surface area (Å²) in [6.07, 6.45) is -5.90. The lowest BCUT2D eigenvalue weighted by Gasteiger charge is -2.43. The molecule has 1 rings (SSSR count). The van der Waals surface area contributed by atoms with Crippen molar-refractivity contribution < 1.29 is 53.5 Å². The van der Waals surface area contributed by atoms with Gasteiger partial charge in [0.25, 0.3) is 0 Å². The Kier molecular flexibility index (Phi) is 14.1.